The standard InChI is InChI=1S/C20H21NO2S3/c1-15(26-16-7-3-2-4-8-16)14-25-19-18(20(22)23)10-5-11-21(19)13-17-9-6-12-24-17/h2-10,12,15H,11,13-14H2,1H3,(H,22,23). The molecule has 0 radical (unpaired) electrons. The predicted octanol–water partition coefficient (Wildman–Crippen LogP) is 5.33. The molecule has 1 aliphatic heterocycles. The molecule has 26 heavy (non-hydrogen) atoms. The van der Waals surface area contributed by atoms with Crippen molar-refractivity contribution in [2.24, 2.45) is 0 Å². The molecule has 1 atom stereocenters. The van der Waals surface area contributed by atoms with Crippen LogP contribution >= 0.6 is 34.9 Å². The predicted molar refractivity (Wildman–Crippen MR) is 113 cm³/mol. The van der Waals surface area contributed by atoms with Gasteiger partial charge in [-0.15, -0.1) is 34.9 Å². The number of hydrogen-bond acceptors (Lipinski definition) is 5. The van der Waals surface area contributed by atoms with Crippen molar-refractivity contribution >= 4 is 40.8 Å². The maximum atomic E-state index is 11.7. The lowest BCUT2D eigenvalue weighted by molar-refractivity contribution is -0.132. The van der Waals surface area contributed by atoms with Gasteiger partial charge in [0.25, 0.3) is 0 Å². The molecular weight excluding hydrogens is 382 g/mol. The van der Waals surface area contributed by atoms with Crippen LogP contribution in [0.15, 0.2) is 75.5 Å². The molecular formula is C20H21NO2S3. The number of benzene rings is 1. The molecule has 3 nitrogen and oxygen atoms in total. The van der Waals surface area contributed by atoms with E-state index in [0.717, 1.165) is 23.9 Å². The van der Waals surface area contributed by atoms with Crippen molar-refractivity contribution in [2.45, 2.75) is 23.6 Å². The molecule has 1 N–H and O–H groups in total. The minimum Gasteiger partial charge on any atom is -0.478 e. The Hall–Kier alpha value is -1.63. The highest BCUT2D eigenvalue weighted by Gasteiger charge is 2.22. The monoisotopic (exact) mass is 403 g/mol. The zero-order valence-corrected chi connectivity index (χ0v) is 16.9. The van der Waals surface area contributed by atoms with Crippen molar-refractivity contribution in [2.75, 3.05) is 12.3 Å². The van der Waals surface area contributed by atoms with Crippen molar-refractivity contribution < 1.29 is 9.90 Å². The third kappa shape index (κ3) is 5.19. The first-order valence-corrected chi connectivity index (χ1v) is 11.1. The molecule has 2 heterocycles. The van der Waals surface area contributed by atoms with Crippen molar-refractivity contribution in [1.29, 1.82) is 0 Å². The van der Waals surface area contributed by atoms with E-state index in [9.17, 15) is 9.90 Å². The van der Waals surface area contributed by atoms with Crippen LogP contribution in [0.2, 0.25) is 0 Å². The number of thioether (sulfide) groups is 2. The SMILES string of the molecule is CC(CSC1=C(C(=O)O)C=CCN1Cc1cccs1)Sc1ccccc1. The Kier molecular flexibility index (Phi) is 6.88. The summed E-state index contributed by atoms with van der Waals surface area (Å²) in [7, 11) is 0. The fourth-order valence-electron chi connectivity index (χ4n) is 2.64. The minimum absolute atomic E-state index is 0.388. The molecule has 1 aromatic heterocycles. The van der Waals surface area contributed by atoms with Crippen LogP contribution in [0.1, 0.15) is 11.8 Å². The van der Waals surface area contributed by atoms with Gasteiger partial charge >= 0.3 is 5.97 Å². The molecule has 136 valence electrons. The molecule has 1 aromatic carbocycles. The fraction of sp³-hybridized carbons (Fsp3) is 0.250. The summed E-state index contributed by atoms with van der Waals surface area (Å²) in [6.45, 7) is 3.69. The lowest BCUT2D eigenvalue weighted by atomic mass is 10.2. The summed E-state index contributed by atoms with van der Waals surface area (Å²) in [5, 5.41) is 12.9. The van der Waals surface area contributed by atoms with Gasteiger partial charge in [-0.1, -0.05) is 37.3 Å². The van der Waals surface area contributed by atoms with Gasteiger partial charge in [0, 0.05) is 27.3 Å². The molecule has 0 saturated heterocycles. The van der Waals surface area contributed by atoms with Crippen LogP contribution < -0.4 is 0 Å². The van der Waals surface area contributed by atoms with E-state index in [1.165, 1.54) is 9.77 Å². The Morgan fingerprint density at radius 1 is 1.27 bits per heavy atom. The molecule has 1 unspecified atom stereocenters. The van der Waals surface area contributed by atoms with E-state index in [4.69, 9.17) is 0 Å². The topological polar surface area (TPSA) is 40.5 Å². The third-order valence-corrected chi connectivity index (χ3v) is 7.42. The highest BCUT2D eigenvalue weighted by Crippen LogP contribution is 2.34. The summed E-state index contributed by atoms with van der Waals surface area (Å²) in [5.74, 6) is 0.00322. The normalized spacial score (nSPS) is 15.3. The minimum atomic E-state index is -0.858. The van der Waals surface area contributed by atoms with Gasteiger partial charge < -0.3 is 10.0 Å². The van der Waals surface area contributed by atoms with Crippen molar-refractivity contribution in [3.63, 3.8) is 0 Å². The van der Waals surface area contributed by atoms with E-state index in [2.05, 4.69) is 35.4 Å². The van der Waals surface area contributed by atoms with Gasteiger partial charge in [0.1, 0.15) is 0 Å². The molecule has 1 aliphatic rings. The molecule has 0 amide bonds. The maximum Gasteiger partial charge on any atom is 0.338 e. The van der Waals surface area contributed by atoms with Crippen molar-refractivity contribution in [3.05, 3.63) is 75.5 Å². The first kappa shape index (κ1) is 19.1. The number of carbonyl (C=O) groups is 1. The summed E-state index contributed by atoms with van der Waals surface area (Å²) in [6.07, 6.45) is 3.67. The van der Waals surface area contributed by atoms with Crippen LogP contribution in [-0.4, -0.2) is 33.5 Å². The van der Waals surface area contributed by atoms with Crippen molar-refractivity contribution in [1.82, 2.24) is 4.90 Å². The molecule has 0 saturated carbocycles. The van der Waals surface area contributed by atoms with Crippen LogP contribution in [0.25, 0.3) is 0 Å². The molecule has 3 rings (SSSR count). The maximum absolute atomic E-state index is 11.7. The van der Waals surface area contributed by atoms with Crippen LogP contribution in [0.3, 0.4) is 0 Å². The average Bonchev–Trinajstić information content (AvgIpc) is 3.14. The smallest absolute Gasteiger partial charge is 0.338 e. The number of thiophene rings is 1. The molecule has 2 aromatic rings. The quantitative estimate of drug-likeness (QED) is 0.603. The van der Waals surface area contributed by atoms with Gasteiger partial charge in [-0.25, -0.2) is 4.79 Å². The molecule has 0 aliphatic carbocycles. The number of hydrogen-bond donors (Lipinski definition) is 1. The summed E-state index contributed by atoms with van der Waals surface area (Å²) < 4.78 is 0. The molecule has 6 heteroatoms. The lowest BCUT2D eigenvalue weighted by Crippen LogP contribution is -2.27. The van der Waals surface area contributed by atoms with Crippen LogP contribution in [0.4, 0.5) is 0 Å². The van der Waals surface area contributed by atoms with Gasteiger partial charge in [-0.3, -0.25) is 0 Å². The molecule has 0 fully saturated rings. The number of carboxylic acids is 1. The van der Waals surface area contributed by atoms with E-state index >= 15 is 0 Å². The number of aliphatic carboxylic acids is 1. The molecule has 0 spiro atoms. The highest BCUT2D eigenvalue weighted by molar-refractivity contribution is 8.05. The van der Waals surface area contributed by atoms with Gasteiger partial charge in [-0.05, 0) is 29.7 Å². The zero-order valence-electron chi connectivity index (χ0n) is 14.5. The van der Waals surface area contributed by atoms with E-state index in [1.54, 1.807) is 29.2 Å². The number of carboxylic acid groups (broad SMARTS) is 1. The van der Waals surface area contributed by atoms with Gasteiger partial charge in [0.15, 0.2) is 0 Å². The summed E-state index contributed by atoms with van der Waals surface area (Å²) in [4.78, 5) is 16.4. The summed E-state index contributed by atoms with van der Waals surface area (Å²) in [5.41, 5.74) is 0.398. The van der Waals surface area contributed by atoms with Crippen LogP contribution in [0, 0.1) is 0 Å². The third-order valence-electron chi connectivity index (χ3n) is 3.82. The summed E-state index contributed by atoms with van der Waals surface area (Å²) in [6, 6.07) is 14.5. The van der Waals surface area contributed by atoms with Crippen LogP contribution in [0.5, 0.6) is 0 Å². The Morgan fingerprint density at radius 2 is 2.08 bits per heavy atom. The van der Waals surface area contributed by atoms with Crippen molar-refractivity contribution in [3.8, 4) is 0 Å². The Morgan fingerprint density at radius 3 is 2.77 bits per heavy atom. The Labute approximate surface area is 166 Å². The fourth-order valence-corrected chi connectivity index (χ4v) is 5.64. The van der Waals surface area contributed by atoms with Gasteiger partial charge in [-0.2, -0.15) is 0 Å². The van der Waals surface area contributed by atoms with E-state index in [0.29, 0.717) is 10.8 Å². The highest BCUT2D eigenvalue weighted by atomic mass is 32.2. The second-order valence-corrected chi connectivity index (χ2v) is 9.49. The van der Waals surface area contributed by atoms with E-state index < -0.39 is 5.97 Å². The number of rotatable bonds is 8. The average molecular weight is 404 g/mol. The summed E-state index contributed by atoms with van der Waals surface area (Å²) >= 11 is 5.18. The zero-order chi connectivity index (χ0) is 18.4. The Balaban J connectivity index is 1.69. The number of nitrogens with zero attached hydrogens (tertiary/aromatic N) is 1. The second kappa shape index (κ2) is 9.35. The Bertz CT molecular complexity index is 785. The van der Waals surface area contributed by atoms with Gasteiger partial charge in [0.05, 0.1) is 17.1 Å². The van der Waals surface area contributed by atoms with Gasteiger partial charge in [0.2, 0.25) is 0 Å². The van der Waals surface area contributed by atoms with E-state index in [-0.39, 0.29) is 0 Å². The molecule has 0 bridgehead atoms. The van der Waals surface area contributed by atoms with Crippen LogP contribution in [-0.2, 0) is 11.3 Å². The second-order valence-electron chi connectivity index (χ2n) is 5.94. The first-order valence-electron chi connectivity index (χ1n) is 8.39. The lowest BCUT2D eigenvalue weighted by Gasteiger charge is -2.29. The van der Waals surface area contributed by atoms with E-state index in [1.807, 2.05) is 42.1 Å². The first-order chi connectivity index (χ1) is 12.6. The largest absolute Gasteiger partial charge is 0.478 e.